The summed E-state index contributed by atoms with van der Waals surface area (Å²) >= 11 is 2.57. The Balaban J connectivity index is 2.12. The fourth-order valence-electron chi connectivity index (χ4n) is 6.02. The Morgan fingerprint density at radius 2 is 1.07 bits per heavy atom. The molecule has 0 amide bonds. The van der Waals surface area contributed by atoms with Gasteiger partial charge in [0, 0.05) is 9.49 Å². The van der Waals surface area contributed by atoms with Crippen LogP contribution in [0.2, 0.25) is 0 Å². The van der Waals surface area contributed by atoms with Crippen LogP contribution >= 0.6 is 11.8 Å². The van der Waals surface area contributed by atoms with Crippen LogP contribution in [-0.2, 0) is 0 Å². The zero-order chi connectivity index (χ0) is 19.6. The van der Waals surface area contributed by atoms with E-state index in [2.05, 4.69) is 39.5 Å². The van der Waals surface area contributed by atoms with Gasteiger partial charge in [-0.2, -0.15) is 0 Å². The molecule has 160 valence electrons. The van der Waals surface area contributed by atoms with Crippen LogP contribution in [0.15, 0.2) is 0 Å². The first-order valence-electron chi connectivity index (χ1n) is 12.8. The maximum absolute atomic E-state index is 2.62. The van der Waals surface area contributed by atoms with Gasteiger partial charge in [-0.1, -0.05) is 105 Å². The van der Waals surface area contributed by atoms with Crippen molar-refractivity contribution >= 4 is 11.8 Å². The van der Waals surface area contributed by atoms with Crippen molar-refractivity contribution in [2.75, 3.05) is 0 Å². The predicted octanol–water partition coefficient (Wildman–Crippen LogP) is 9.56. The summed E-state index contributed by atoms with van der Waals surface area (Å²) in [5, 5.41) is 0. The van der Waals surface area contributed by atoms with Crippen molar-refractivity contribution in [2.45, 2.75) is 153 Å². The van der Waals surface area contributed by atoms with Crippen LogP contribution in [0, 0.1) is 11.8 Å². The van der Waals surface area contributed by atoms with Gasteiger partial charge in [0.2, 0.25) is 0 Å². The SMILES string of the molecule is CCCCCCC1(SC2(CCCCCC)CCCCC2C)CCCCC1C. The maximum Gasteiger partial charge on any atom is 0.0191 e. The van der Waals surface area contributed by atoms with Gasteiger partial charge in [-0.25, -0.2) is 0 Å². The van der Waals surface area contributed by atoms with E-state index >= 15 is 0 Å². The highest BCUT2D eigenvalue weighted by molar-refractivity contribution is 8.02. The molecule has 27 heavy (non-hydrogen) atoms. The first-order chi connectivity index (χ1) is 13.1. The third kappa shape index (κ3) is 6.68. The highest BCUT2D eigenvalue weighted by Gasteiger charge is 2.48. The van der Waals surface area contributed by atoms with E-state index in [0.717, 1.165) is 11.8 Å². The van der Waals surface area contributed by atoms with Gasteiger partial charge in [0.05, 0.1) is 0 Å². The van der Waals surface area contributed by atoms with Crippen LogP contribution < -0.4 is 0 Å². The molecule has 0 saturated heterocycles. The second-order valence-electron chi connectivity index (χ2n) is 10.1. The van der Waals surface area contributed by atoms with E-state index in [1.807, 2.05) is 0 Å². The molecule has 2 aliphatic rings. The Kier molecular flexibility index (Phi) is 10.6. The molecule has 2 saturated carbocycles. The molecular formula is C26H50S. The lowest BCUT2D eigenvalue weighted by atomic mass is 9.75. The molecule has 0 spiro atoms. The van der Waals surface area contributed by atoms with Gasteiger partial charge >= 0.3 is 0 Å². The van der Waals surface area contributed by atoms with Crippen molar-refractivity contribution in [1.82, 2.24) is 0 Å². The molecule has 0 bridgehead atoms. The highest BCUT2D eigenvalue weighted by Crippen LogP contribution is 2.58. The third-order valence-corrected chi connectivity index (χ3v) is 10.5. The fraction of sp³-hybridized carbons (Fsp3) is 1.00. The van der Waals surface area contributed by atoms with Gasteiger partial charge < -0.3 is 0 Å². The topological polar surface area (TPSA) is 0 Å². The molecule has 0 aromatic heterocycles. The first-order valence-corrected chi connectivity index (χ1v) is 13.6. The van der Waals surface area contributed by atoms with E-state index in [-0.39, 0.29) is 0 Å². The van der Waals surface area contributed by atoms with Crippen molar-refractivity contribution in [3.05, 3.63) is 0 Å². The van der Waals surface area contributed by atoms with E-state index in [1.165, 1.54) is 116 Å². The molecular weight excluding hydrogens is 344 g/mol. The van der Waals surface area contributed by atoms with Crippen LogP contribution in [0.4, 0.5) is 0 Å². The highest BCUT2D eigenvalue weighted by atomic mass is 32.2. The molecule has 1 heteroatoms. The summed E-state index contributed by atoms with van der Waals surface area (Å²) in [5.41, 5.74) is 0. The summed E-state index contributed by atoms with van der Waals surface area (Å²) < 4.78 is 1.20. The maximum atomic E-state index is 2.62. The number of unbranched alkanes of at least 4 members (excludes halogenated alkanes) is 6. The molecule has 2 fully saturated rings. The molecule has 0 aromatic rings. The number of thioether (sulfide) groups is 1. The van der Waals surface area contributed by atoms with Crippen LogP contribution in [0.25, 0.3) is 0 Å². The minimum absolute atomic E-state index is 0.600. The summed E-state index contributed by atoms with van der Waals surface area (Å²) in [6, 6.07) is 0. The van der Waals surface area contributed by atoms with Crippen molar-refractivity contribution in [1.29, 1.82) is 0 Å². The fourth-order valence-corrected chi connectivity index (χ4v) is 8.46. The van der Waals surface area contributed by atoms with Gasteiger partial charge in [-0.15, -0.1) is 11.8 Å². The molecule has 4 atom stereocenters. The quantitative estimate of drug-likeness (QED) is 0.297. The Hall–Kier alpha value is 0.350. The number of rotatable bonds is 12. The standard InChI is InChI=1S/C26H50S/c1-5-7-9-13-19-25(21-15-11-17-23(25)3)27-26(20-14-10-8-6-2)22-16-12-18-24(26)4/h23-24H,5-22H2,1-4H3. The largest absolute Gasteiger partial charge is 0.148 e. The predicted molar refractivity (Wildman–Crippen MR) is 126 cm³/mol. The molecule has 2 rings (SSSR count). The minimum Gasteiger partial charge on any atom is -0.148 e. The minimum atomic E-state index is 0.600. The van der Waals surface area contributed by atoms with Gasteiger partial charge in [0.1, 0.15) is 0 Å². The lowest BCUT2D eigenvalue weighted by molar-refractivity contribution is 0.243. The molecule has 0 N–H and O–H groups in total. The van der Waals surface area contributed by atoms with E-state index in [9.17, 15) is 0 Å². The zero-order valence-corrected chi connectivity index (χ0v) is 20.1. The first kappa shape index (κ1) is 23.6. The number of hydrogen-bond acceptors (Lipinski definition) is 1. The Labute approximate surface area is 176 Å². The van der Waals surface area contributed by atoms with E-state index < -0.39 is 0 Å². The van der Waals surface area contributed by atoms with Crippen molar-refractivity contribution in [3.63, 3.8) is 0 Å². The van der Waals surface area contributed by atoms with Gasteiger partial charge in [0.25, 0.3) is 0 Å². The molecule has 0 aromatic carbocycles. The molecule has 2 aliphatic carbocycles. The van der Waals surface area contributed by atoms with E-state index in [0.29, 0.717) is 9.49 Å². The summed E-state index contributed by atoms with van der Waals surface area (Å²) in [6.07, 6.45) is 26.4. The van der Waals surface area contributed by atoms with Crippen molar-refractivity contribution in [2.24, 2.45) is 11.8 Å². The summed E-state index contributed by atoms with van der Waals surface area (Å²) in [6.45, 7) is 9.93. The van der Waals surface area contributed by atoms with Gasteiger partial charge in [-0.3, -0.25) is 0 Å². The molecule has 0 nitrogen and oxygen atoms in total. The summed E-state index contributed by atoms with van der Waals surface area (Å²) in [7, 11) is 0. The third-order valence-electron chi connectivity index (χ3n) is 8.08. The van der Waals surface area contributed by atoms with Crippen molar-refractivity contribution in [3.8, 4) is 0 Å². The normalized spacial score (nSPS) is 34.7. The van der Waals surface area contributed by atoms with E-state index in [4.69, 9.17) is 0 Å². The van der Waals surface area contributed by atoms with Crippen LogP contribution in [0.1, 0.15) is 143 Å². The van der Waals surface area contributed by atoms with Crippen molar-refractivity contribution < 1.29 is 0 Å². The number of hydrogen-bond donors (Lipinski definition) is 0. The van der Waals surface area contributed by atoms with Gasteiger partial charge in [-0.05, 0) is 50.4 Å². The van der Waals surface area contributed by atoms with Crippen LogP contribution in [-0.4, -0.2) is 9.49 Å². The lowest BCUT2D eigenvalue weighted by Gasteiger charge is -2.52. The smallest absolute Gasteiger partial charge is 0.0191 e. The lowest BCUT2D eigenvalue weighted by Crippen LogP contribution is -2.46. The second kappa shape index (κ2) is 12.1. The van der Waals surface area contributed by atoms with E-state index in [1.54, 1.807) is 0 Å². The Bertz CT molecular complexity index is 356. The van der Waals surface area contributed by atoms with Crippen LogP contribution in [0.5, 0.6) is 0 Å². The summed E-state index contributed by atoms with van der Waals surface area (Å²) in [4.78, 5) is 0. The average molecular weight is 395 g/mol. The zero-order valence-electron chi connectivity index (χ0n) is 19.3. The Morgan fingerprint density at radius 1 is 0.630 bits per heavy atom. The molecule has 0 radical (unpaired) electrons. The molecule has 0 aliphatic heterocycles. The summed E-state index contributed by atoms with van der Waals surface area (Å²) in [5.74, 6) is 1.86. The molecule has 4 unspecified atom stereocenters. The van der Waals surface area contributed by atoms with Crippen LogP contribution in [0.3, 0.4) is 0 Å². The Morgan fingerprint density at radius 3 is 1.44 bits per heavy atom. The molecule has 0 heterocycles. The monoisotopic (exact) mass is 394 g/mol. The van der Waals surface area contributed by atoms with Gasteiger partial charge in [0.15, 0.2) is 0 Å². The second-order valence-corrected chi connectivity index (χ2v) is 12.0. The average Bonchev–Trinajstić information content (AvgIpc) is 2.67.